The summed E-state index contributed by atoms with van der Waals surface area (Å²) in [5, 5.41) is 10.7. The molecule has 0 aliphatic rings. The van der Waals surface area contributed by atoms with Gasteiger partial charge in [-0.05, 0) is 67.9 Å². The second kappa shape index (κ2) is 10.3. The molecule has 0 unspecified atom stereocenters. The highest BCUT2D eigenvalue weighted by atomic mass is 35.5. The van der Waals surface area contributed by atoms with Crippen LogP contribution in [0.5, 0.6) is 5.75 Å². The smallest absolute Gasteiger partial charge is 0.270 e. The van der Waals surface area contributed by atoms with Crippen molar-refractivity contribution in [3.63, 3.8) is 0 Å². The standard InChI is InChI=1S/C23H25ClN2O4/c1-16-3-4-17(2)26(16)25-23(28)19-7-11-22(12-8-19)30-15-21(27)14-29-13-18-5-9-20(24)10-6-18/h3-12,21,27H,13-15H2,1-2H3,(H,25,28)/t21-/m1/s1. The summed E-state index contributed by atoms with van der Waals surface area (Å²) in [5.41, 5.74) is 6.25. The number of aromatic nitrogens is 1. The lowest BCUT2D eigenvalue weighted by Gasteiger charge is -2.14. The summed E-state index contributed by atoms with van der Waals surface area (Å²) >= 11 is 5.85. The van der Waals surface area contributed by atoms with Crippen LogP contribution in [0.1, 0.15) is 27.3 Å². The van der Waals surface area contributed by atoms with Crippen molar-refractivity contribution in [2.45, 2.75) is 26.6 Å². The molecule has 6 nitrogen and oxygen atoms in total. The van der Waals surface area contributed by atoms with Gasteiger partial charge in [0, 0.05) is 22.0 Å². The van der Waals surface area contributed by atoms with Gasteiger partial charge in [0.1, 0.15) is 18.5 Å². The molecular weight excluding hydrogens is 404 g/mol. The highest BCUT2D eigenvalue weighted by Gasteiger charge is 2.10. The van der Waals surface area contributed by atoms with Gasteiger partial charge in [0.05, 0.1) is 13.2 Å². The number of aliphatic hydroxyl groups is 1. The number of carbonyl (C=O) groups excluding carboxylic acids is 1. The van der Waals surface area contributed by atoms with E-state index < -0.39 is 6.10 Å². The van der Waals surface area contributed by atoms with Crippen LogP contribution >= 0.6 is 11.6 Å². The summed E-state index contributed by atoms with van der Waals surface area (Å²) in [6, 6.07) is 18.0. The van der Waals surface area contributed by atoms with Gasteiger partial charge in [0.2, 0.25) is 0 Å². The number of hydrogen-bond acceptors (Lipinski definition) is 4. The number of carbonyl (C=O) groups is 1. The lowest BCUT2D eigenvalue weighted by molar-refractivity contribution is 0.00549. The van der Waals surface area contributed by atoms with Crippen LogP contribution < -0.4 is 10.2 Å². The zero-order valence-electron chi connectivity index (χ0n) is 17.0. The molecule has 1 amide bonds. The number of halogens is 1. The van der Waals surface area contributed by atoms with Crippen molar-refractivity contribution in [3.8, 4) is 5.75 Å². The summed E-state index contributed by atoms with van der Waals surface area (Å²) in [6.07, 6.45) is -0.764. The first-order valence-electron chi connectivity index (χ1n) is 9.62. The molecule has 1 aromatic heterocycles. The van der Waals surface area contributed by atoms with Crippen LogP contribution in [-0.2, 0) is 11.3 Å². The Bertz CT molecular complexity index is 948. The van der Waals surface area contributed by atoms with Crippen molar-refractivity contribution in [1.82, 2.24) is 4.68 Å². The molecule has 2 N–H and O–H groups in total. The van der Waals surface area contributed by atoms with Crippen molar-refractivity contribution in [2.24, 2.45) is 0 Å². The molecule has 7 heteroatoms. The molecule has 0 radical (unpaired) electrons. The molecule has 0 spiro atoms. The SMILES string of the molecule is Cc1ccc(C)n1NC(=O)c1ccc(OC[C@H](O)COCc2ccc(Cl)cc2)cc1. The van der Waals surface area contributed by atoms with E-state index in [0.717, 1.165) is 17.0 Å². The van der Waals surface area contributed by atoms with E-state index in [0.29, 0.717) is 22.9 Å². The van der Waals surface area contributed by atoms with E-state index >= 15 is 0 Å². The Balaban J connectivity index is 1.42. The number of nitrogens with zero attached hydrogens (tertiary/aromatic N) is 1. The molecule has 1 heterocycles. The van der Waals surface area contributed by atoms with E-state index in [1.54, 1.807) is 41.1 Å². The van der Waals surface area contributed by atoms with Crippen molar-refractivity contribution in [1.29, 1.82) is 0 Å². The van der Waals surface area contributed by atoms with Crippen LogP contribution in [0.3, 0.4) is 0 Å². The van der Waals surface area contributed by atoms with E-state index in [9.17, 15) is 9.90 Å². The van der Waals surface area contributed by atoms with E-state index in [2.05, 4.69) is 5.43 Å². The number of aryl methyl sites for hydroxylation is 2. The predicted molar refractivity (Wildman–Crippen MR) is 117 cm³/mol. The van der Waals surface area contributed by atoms with Crippen LogP contribution in [0.25, 0.3) is 0 Å². The van der Waals surface area contributed by atoms with Gasteiger partial charge in [-0.25, -0.2) is 0 Å². The van der Waals surface area contributed by atoms with Crippen molar-refractivity contribution < 1.29 is 19.4 Å². The minimum Gasteiger partial charge on any atom is -0.491 e. The number of benzene rings is 2. The maximum atomic E-state index is 12.4. The van der Waals surface area contributed by atoms with Crippen molar-refractivity contribution >= 4 is 17.5 Å². The zero-order valence-corrected chi connectivity index (χ0v) is 17.7. The Morgan fingerprint density at radius 3 is 2.27 bits per heavy atom. The molecule has 0 fully saturated rings. The molecule has 3 rings (SSSR count). The molecule has 0 aliphatic heterocycles. The van der Waals surface area contributed by atoms with Crippen molar-refractivity contribution in [3.05, 3.63) is 88.2 Å². The fourth-order valence-electron chi connectivity index (χ4n) is 2.85. The van der Waals surface area contributed by atoms with E-state index in [4.69, 9.17) is 21.1 Å². The Morgan fingerprint density at radius 2 is 1.63 bits per heavy atom. The molecule has 0 saturated carbocycles. The number of hydrogen-bond donors (Lipinski definition) is 2. The molecule has 0 saturated heterocycles. The molecule has 0 aliphatic carbocycles. The van der Waals surface area contributed by atoms with Gasteiger partial charge in [0.15, 0.2) is 0 Å². The Labute approximate surface area is 181 Å². The van der Waals surface area contributed by atoms with Gasteiger partial charge in [-0.2, -0.15) is 0 Å². The first kappa shape index (κ1) is 21.9. The number of rotatable bonds is 9. The second-order valence-corrected chi connectivity index (χ2v) is 7.46. The molecule has 30 heavy (non-hydrogen) atoms. The normalized spacial score (nSPS) is 11.9. The quantitative estimate of drug-likeness (QED) is 0.538. The topological polar surface area (TPSA) is 72.7 Å². The fourth-order valence-corrected chi connectivity index (χ4v) is 2.97. The molecule has 2 aromatic carbocycles. The first-order chi connectivity index (χ1) is 14.4. The number of ether oxygens (including phenoxy) is 2. The Kier molecular flexibility index (Phi) is 7.52. The first-order valence-corrected chi connectivity index (χ1v) is 9.99. The summed E-state index contributed by atoms with van der Waals surface area (Å²) in [4.78, 5) is 12.4. The average molecular weight is 429 g/mol. The average Bonchev–Trinajstić information content (AvgIpc) is 3.06. The van der Waals surface area contributed by atoms with Crippen LogP contribution in [0.15, 0.2) is 60.7 Å². The minimum atomic E-state index is -0.764. The van der Waals surface area contributed by atoms with Crippen LogP contribution in [0.4, 0.5) is 0 Å². The summed E-state index contributed by atoms with van der Waals surface area (Å²) in [5.74, 6) is 0.358. The number of amides is 1. The van der Waals surface area contributed by atoms with Gasteiger partial charge in [-0.3, -0.25) is 14.9 Å². The van der Waals surface area contributed by atoms with Gasteiger partial charge in [-0.1, -0.05) is 23.7 Å². The third-order valence-corrected chi connectivity index (χ3v) is 4.79. The number of aliphatic hydroxyl groups excluding tert-OH is 1. The van der Waals surface area contributed by atoms with Crippen LogP contribution in [0.2, 0.25) is 5.02 Å². The summed E-state index contributed by atoms with van der Waals surface area (Å²) in [6.45, 7) is 4.48. The molecule has 1 atom stereocenters. The third-order valence-electron chi connectivity index (χ3n) is 4.54. The lowest BCUT2D eigenvalue weighted by atomic mass is 10.2. The minimum absolute atomic E-state index is 0.0912. The Hall–Kier alpha value is -2.80. The highest BCUT2D eigenvalue weighted by molar-refractivity contribution is 6.30. The highest BCUT2D eigenvalue weighted by Crippen LogP contribution is 2.14. The van der Waals surface area contributed by atoms with Gasteiger partial charge >= 0.3 is 0 Å². The van der Waals surface area contributed by atoms with Gasteiger partial charge in [0.25, 0.3) is 5.91 Å². The monoisotopic (exact) mass is 428 g/mol. The predicted octanol–water partition coefficient (Wildman–Crippen LogP) is 4.10. The maximum Gasteiger partial charge on any atom is 0.270 e. The third kappa shape index (κ3) is 6.10. The van der Waals surface area contributed by atoms with Crippen molar-refractivity contribution in [2.75, 3.05) is 18.6 Å². The van der Waals surface area contributed by atoms with E-state index in [1.165, 1.54) is 0 Å². The largest absolute Gasteiger partial charge is 0.491 e. The van der Waals surface area contributed by atoms with E-state index in [-0.39, 0.29) is 19.1 Å². The number of nitrogens with one attached hydrogen (secondary N) is 1. The van der Waals surface area contributed by atoms with Crippen LogP contribution in [-0.4, -0.2) is 35.0 Å². The van der Waals surface area contributed by atoms with Crippen LogP contribution in [0, 0.1) is 13.8 Å². The second-order valence-electron chi connectivity index (χ2n) is 7.02. The molecular formula is C23H25ClN2O4. The summed E-state index contributed by atoms with van der Waals surface area (Å²) < 4.78 is 12.8. The molecule has 158 valence electrons. The summed E-state index contributed by atoms with van der Waals surface area (Å²) in [7, 11) is 0. The van der Waals surface area contributed by atoms with Gasteiger partial charge in [-0.15, -0.1) is 0 Å². The van der Waals surface area contributed by atoms with Gasteiger partial charge < -0.3 is 14.6 Å². The Morgan fingerprint density at radius 1 is 1.00 bits per heavy atom. The zero-order chi connectivity index (χ0) is 21.5. The lowest BCUT2D eigenvalue weighted by Crippen LogP contribution is -2.25. The van der Waals surface area contributed by atoms with E-state index in [1.807, 2.05) is 38.1 Å². The fraction of sp³-hybridized carbons (Fsp3) is 0.261. The molecule has 0 bridgehead atoms. The molecule has 3 aromatic rings. The maximum absolute atomic E-state index is 12.4.